The minimum absolute atomic E-state index is 0.107. The molecule has 0 aliphatic heterocycles. The van der Waals surface area contributed by atoms with E-state index in [0.717, 1.165) is 102 Å². The predicted octanol–water partition coefficient (Wildman–Crippen LogP) is 23.9. The van der Waals surface area contributed by atoms with Crippen LogP contribution in [0, 0.1) is 11.8 Å². The van der Waals surface area contributed by atoms with Gasteiger partial charge in [0.1, 0.15) is 19.3 Å². The Hall–Kier alpha value is -1.94. The Balaban J connectivity index is 5.21. The zero-order valence-electron chi connectivity index (χ0n) is 64.8. The van der Waals surface area contributed by atoms with Gasteiger partial charge in [-0.2, -0.15) is 0 Å². The molecular weight excluding hydrogens is 1290 g/mol. The molecule has 99 heavy (non-hydrogen) atoms. The molecular formula is C80H156O17P2. The van der Waals surface area contributed by atoms with E-state index in [1.807, 2.05) is 0 Å². The molecule has 0 fully saturated rings. The molecule has 0 heterocycles. The van der Waals surface area contributed by atoms with Crippen LogP contribution < -0.4 is 0 Å². The van der Waals surface area contributed by atoms with Gasteiger partial charge in [-0.15, -0.1) is 0 Å². The molecule has 0 saturated carbocycles. The maximum absolute atomic E-state index is 13.1. The van der Waals surface area contributed by atoms with E-state index in [0.29, 0.717) is 31.6 Å². The second-order valence-electron chi connectivity index (χ2n) is 29.8. The molecule has 0 spiro atoms. The van der Waals surface area contributed by atoms with Crippen LogP contribution in [0.25, 0.3) is 0 Å². The minimum Gasteiger partial charge on any atom is -0.462 e. The number of carbonyl (C=O) groups is 4. The van der Waals surface area contributed by atoms with E-state index in [-0.39, 0.29) is 25.7 Å². The number of aliphatic hydroxyl groups is 1. The van der Waals surface area contributed by atoms with Crippen molar-refractivity contribution in [3.8, 4) is 0 Å². The lowest BCUT2D eigenvalue weighted by Gasteiger charge is -2.21. The van der Waals surface area contributed by atoms with Gasteiger partial charge in [-0.1, -0.05) is 369 Å². The molecule has 0 aliphatic rings. The fourth-order valence-corrected chi connectivity index (χ4v) is 13.9. The lowest BCUT2D eigenvalue weighted by Crippen LogP contribution is -2.30. The zero-order chi connectivity index (χ0) is 72.8. The first-order chi connectivity index (χ1) is 47.9. The molecule has 19 heteroatoms. The largest absolute Gasteiger partial charge is 0.472 e. The number of esters is 4. The maximum Gasteiger partial charge on any atom is 0.472 e. The van der Waals surface area contributed by atoms with E-state index in [1.165, 1.54) is 231 Å². The quantitative estimate of drug-likeness (QED) is 0.0222. The monoisotopic (exact) mass is 1450 g/mol. The highest BCUT2D eigenvalue weighted by Gasteiger charge is 2.30. The first-order valence-corrected chi connectivity index (χ1v) is 44.5. The summed E-state index contributed by atoms with van der Waals surface area (Å²) in [6.07, 6.45) is 61.1. The molecule has 0 amide bonds. The van der Waals surface area contributed by atoms with E-state index in [1.54, 1.807) is 0 Å². The van der Waals surface area contributed by atoms with Gasteiger partial charge in [0.2, 0.25) is 0 Å². The number of phosphoric ester groups is 2. The highest BCUT2D eigenvalue weighted by Crippen LogP contribution is 2.45. The molecule has 0 radical (unpaired) electrons. The standard InChI is InChI=1S/C80H156O17P2/c1-7-9-11-13-15-17-19-21-30-34-38-44-50-56-62-77(82)90-68-75(96-79(84)65-59-53-46-40-36-32-28-26-24-23-25-27-29-33-37-42-48-54-60-72(3)4)70-94-98(86,87)92-66-74(81)67-93-99(88,89)95-71-76(69-91-78(83)63-57-51-47-41-43-49-55-61-73(5)6)97-80(85)64-58-52-45-39-35-31-22-20-18-16-14-12-10-8-2/h72-76,81H,7-71H2,1-6H3,(H,86,87)(H,88,89)/t74-,75-,76-/m1/s1. The Labute approximate surface area is 607 Å². The van der Waals surface area contributed by atoms with Crippen molar-refractivity contribution < 1.29 is 80.2 Å². The van der Waals surface area contributed by atoms with Gasteiger partial charge < -0.3 is 33.8 Å². The third-order valence-corrected chi connectivity index (χ3v) is 20.6. The summed E-state index contributed by atoms with van der Waals surface area (Å²) < 4.78 is 68.7. The van der Waals surface area contributed by atoms with E-state index in [2.05, 4.69) is 41.5 Å². The number of carbonyl (C=O) groups excluding carboxylic acids is 4. The Morgan fingerprint density at radius 1 is 0.273 bits per heavy atom. The number of phosphoric acid groups is 2. The molecule has 0 aliphatic carbocycles. The Morgan fingerprint density at radius 2 is 0.465 bits per heavy atom. The van der Waals surface area contributed by atoms with Gasteiger partial charge in [-0.05, 0) is 37.5 Å². The Morgan fingerprint density at radius 3 is 0.687 bits per heavy atom. The molecule has 17 nitrogen and oxygen atoms in total. The van der Waals surface area contributed by atoms with Crippen molar-refractivity contribution in [3.05, 3.63) is 0 Å². The van der Waals surface area contributed by atoms with Crippen LogP contribution >= 0.6 is 15.6 Å². The van der Waals surface area contributed by atoms with Crippen molar-refractivity contribution in [2.75, 3.05) is 39.6 Å². The number of unbranched alkanes of at least 4 members (excludes halogenated alkanes) is 49. The van der Waals surface area contributed by atoms with Gasteiger partial charge in [-0.25, -0.2) is 9.13 Å². The summed E-state index contributed by atoms with van der Waals surface area (Å²) in [7, 11) is -9.92. The molecule has 0 aromatic rings. The van der Waals surface area contributed by atoms with E-state index in [4.69, 9.17) is 37.0 Å². The van der Waals surface area contributed by atoms with E-state index in [9.17, 15) is 43.2 Å². The molecule has 0 saturated heterocycles. The summed E-state index contributed by atoms with van der Waals surface area (Å²) >= 11 is 0. The van der Waals surface area contributed by atoms with Crippen molar-refractivity contribution >= 4 is 39.5 Å². The molecule has 588 valence electrons. The zero-order valence-corrected chi connectivity index (χ0v) is 66.6. The summed E-state index contributed by atoms with van der Waals surface area (Å²) in [5.41, 5.74) is 0. The summed E-state index contributed by atoms with van der Waals surface area (Å²) in [5, 5.41) is 10.6. The van der Waals surface area contributed by atoms with Crippen LogP contribution in [0.4, 0.5) is 0 Å². The molecule has 5 atom stereocenters. The van der Waals surface area contributed by atoms with Gasteiger partial charge in [-0.3, -0.25) is 37.3 Å². The lowest BCUT2D eigenvalue weighted by molar-refractivity contribution is -0.161. The molecule has 0 aromatic carbocycles. The van der Waals surface area contributed by atoms with E-state index >= 15 is 0 Å². The van der Waals surface area contributed by atoms with Crippen LogP contribution in [0.15, 0.2) is 0 Å². The number of hydrogen-bond acceptors (Lipinski definition) is 15. The summed E-state index contributed by atoms with van der Waals surface area (Å²) in [4.78, 5) is 72.9. The van der Waals surface area contributed by atoms with Crippen molar-refractivity contribution in [1.29, 1.82) is 0 Å². The third kappa shape index (κ3) is 74.1. The molecule has 0 aromatic heterocycles. The highest BCUT2D eigenvalue weighted by atomic mass is 31.2. The van der Waals surface area contributed by atoms with Crippen molar-refractivity contribution in [2.24, 2.45) is 11.8 Å². The fourth-order valence-electron chi connectivity index (χ4n) is 12.4. The first kappa shape index (κ1) is 97.1. The van der Waals surface area contributed by atoms with Gasteiger partial charge in [0.25, 0.3) is 0 Å². The molecule has 3 N–H and O–H groups in total. The van der Waals surface area contributed by atoms with Crippen LogP contribution in [-0.4, -0.2) is 96.7 Å². The van der Waals surface area contributed by atoms with Crippen LogP contribution in [0.2, 0.25) is 0 Å². The Kier molecular flexibility index (Phi) is 70.3. The SMILES string of the molecule is CCCCCCCCCCCCCCCCC(=O)OC[C@H](COP(=O)(O)OC[C@@H](O)COP(=O)(O)OC[C@@H](COC(=O)CCCCCCCCCC(C)C)OC(=O)CCCCCCCCCCCCCCCC)OC(=O)CCCCCCCCCCCCCCCCCCCCC(C)C. The number of aliphatic hydroxyl groups excluding tert-OH is 1. The van der Waals surface area contributed by atoms with Crippen molar-refractivity contribution in [1.82, 2.24) is 0 Å². The average Bonchev–Trinajstić information content (AvgIpc) is 0.976. The molecule has 0 rings (SSSR count). The predicted molar refractivity (Wildman–Crippen MR) is 405 cm³/mol. The second kappa shape index (κ2) is 71.7. The summed E-state index contributed by atoms with van der Waals surface area (Å²) in [5.74, 6) is -0.584. The van der Waals surface area contributed by atoms with Gasteiger partial charge in [0.05, 0.1) is 26.4 Å². The topological polar surface area (TPSA) is 237 Å². The maximum atomic E-state index is 13.1. The third-order valence-electron chi connectivity index (χ3n) is 18.7. The van der Waals surface area contributed by atoms with Crippen LogP contribution in [0.1, 0.15) is 420 Å². The fraction of sp³-hybridized carbons (Fsp3) is 0.950. The number of rotatable bonds is 79. The summed E-state index contributed by atoms with van der Waals surface area (Å²) in [6.45, 7) is 9.61. The van der Waals surface area contributed by atoms with Crippen molar-refractivity contribution in [3.63, 3.8) is 0 Å². The molecule has 2 unspecified atom stereocenters. The Bertz CT molecular complexity index is 1910. The van der Waals surface area contributed by atoms with Crippen LogP contribution in [0.5, 0.6) is 0 Å². The van der Waals surface area contributed by atoms with Crippen LogP contribution in [0.3, 0.4) is 0 Å². The average molecular weight is 1450 g/mol. The number of hydrogen-bond donors (Lipinski definition) is 3. The summed E-state index contributed by atoms with van der Waals surface area (Å²) in [6, 6.07) is 0. The molecule has 0 bridgehead atoms. The van der Waals surface area contributed by atoms with E-state index < -0.39 is 97.5 Å². The minimum atomic E-state index is -4.96. The highest BCUT2D eigenvalue weighted by molar-refractivity contribution is 7.47. The lowest BCUT2D eigenvalue weighted by atomic mass is 10.0. The normalized spacial score (nSPS) is 13.9. The van der Waals surface area contributed by atoms with Gasteiger partial charge in [0, 0.05) is 25.7 Å². The van der Waals surface area contributed by atoms with Crippen molar-refractivity contribution in [2.45, 2.75) is 439 Å². The smallest absolute Gasteiger partial charge is 0.462 e. The first-order valence-electron chi connectivity index (χ1n) is 41.5. The van der Waals surface area contributed by atoms with Gasteiger partial charge in [0.15, 0.2) is 12.2 Å². The van der Waals surface area contributed by atoms with Crippen LogP contribution in [-0.2, 0) is 65.4 Å². The second-order valence-corrected chi connectivity index (χ2v) is 32.7. The van der Waals surface area contributed by atoms with Gasteiger partial charge >= 0.3 is 39.5 Å². The number of ether oxygens (including phenoxy) is 4.